The smallest absolute Gasteiger partial charge is 0.254 e. The van der Waals surface area contributed by atoms with Crippen molar-refractivity contribution in [1.82, 2.24) is 10.2 Å². The van der Waals surface area contributed by atoms with E-state index in [4.69, 9.17) is 11.6 Å². The molecule has 1 fully saturated rings. The Morgan fingerprint density at radius 1 is 1.36 bits per heavy atom. The molecular weight excluding hydrogens is 325 g/mol. The standard InChI is InChI=1S/C15H20ClN3O2.ClH/c1-9(10-7-17-8-10)14(20)18-11-4-5-12(13(16)6-11)15(21)19(2)3;/h4-6,9-10,17H,7-8H2,1-3H3,(H,18,20);1H. The number of halogens is 2. The second-order valence-corrected chi connectivity index (χ2v) is 6.00. The zero-order valence-electron chi connectivity index (χ0n) is 12.9. The van der Waals surface area contributed by atoms with Crippen LogP contribution in [0.5, 0.6) is 0 Å². The van der Waals surface area contributed by atoms with Gasteiger partial charge in [0, 0.05) is 25.7 Å². The van der Waals surface area contributed by atoms with Gasteiger partial charge in [-0.05, 0) is 37.2 Å². The van der Waals surface area contributed by atoms with E-state index in [1.165, 1.54) is 4.90 Å². The highest BCUT2D eigenvalue weighted by atomic mass is 35.5. The monoisotopic (exact) mass is 345 g/mol. The van der Waals surface area contributed by atoms with Crippen LogP contribution in [-0.4, -0.2) is 43.9 Å². The van der Waals surface area contributed by atoms with Gasteiger partial charge in [-0.1, -0.05) is 18.5 Å². The number of amides is 2. The third-order valence-electron chi connectivity index (χ3n) is 3.81. The van der Waals surface area contributed by atoms with Crippen molar-refractivity contribution < 1.29 is 9.59 Å². The first-order chi connectivity index (χ1) is 9.90. The Hall–Kier alpha value is -1.30. The average Bonchev–Trinajstić information content (AvgIpc) is 2.35. The van der Waals surface area contributed by atoms with Crippen LogP contribution in [0.4, 0.5) is 5.69 Å². The Morgan fingerprint density at radius 2 is 2.00 bits per heavy atom. The van der Waals surface area contributed by atoms with Crippen LogP contribution in [0.2, 0.25) is 5.02 Å². The zero-order chi connectivity index (χ0) is 15.6. The number of hydrogen-bond donors (Lipinski definition) is 2. The van der Waals surface area contributed by atoms with Crippen molar-refractivity contribution in [3.05, 3.63) is 28.8 Å². The van der Waals surface area contributed by atoms with Crippen LogP contribution in [0.15, 0.2) is 18.2 Å². The molecule has 1 aromatic carbocycles. The maximum Gasteiger partial charge on any atom is 0.254 e. The lowest BCUT2D eigenvalue weighted by Gasteiger charge is -2.31. The second kappa shape index (κ2) is 7.81. The lowest BCUT2D eigenvalue weighted by Crippen LogP contribution is -2.48. The summed E-state index contributed by atoms with van der Waals surface area (Å²) in [4.78, 5) is 25.5. The molecule has 1 heterocycles. The molecular formula is C15H21Cl2N3O2. The van der Waals surface area contributed by atoms with E-state index in [2.05, 4.69) is 10.6 Å². The summed E-state index contributed by atoms with van der Waals surface area (Å²) in [7, 11) is 3.34. The molecule has 2 N–H and O–H groups in total. The molecule has 2 amide bonds. The normalized spacial score (nSPS) is 15.3. The molecule has 0 bridgehead atoms. The lowest BCUT2D eigenvalue weighted by molar-refractivity contribution is -0.121. The van der Waals surface area contributed by atoms with E-state index in [1.54, 1.807) is 32.3 Å². The van der Waals surface area contributed by atoms with Crippen molar-refractivity contribution in [1.29, 1.82) is 0 Å². The molecule has 0 saturated carbocycles. The second-order valence-electron chi connectivity index (χ2n) is 5.59. The molecule has 0 aliphatic carbocycles. The van der Waals surface area contributed by atoms with Crippen molar-refractivity contribution in [3.63, 3.8) is 0 Å². The topological polar surface area (TPSA) is 61.4 Å². The molecule has 1 unspecified atom stereocenters. The molecule has 1 aliphatic heterocycles. The largest absolute Gasteiger partial charge is 0.345 e. The van der Waals surface area contributed by atoms with E-state index in [-0.39, 0.29) is 30.1 Å². The number of hydrogen-bond acceptors (Lipinski definition) is 3. The van der Waals surface area contributed by atoms with E-state index in [1.807, 2.05) is 6.92 Å². The number of nitrogens with one attached hydrogen (secondary N) is 2. The molecule has 22 heavy (non-hydrogen) atoms. The summed E-state index contributed by atoms with van der Waals surface area (Å²) in [5.74, 6) is 0.152. The molecule has 122 valence electrons. The summed E-state index contributed by atoms with van der Waals surface area (Å²) in [6.45, 7) is 3.68. The number of carbonyl (C=O) groups excluding carboxylic acids is 2. The predicted octanol–water partition coefficient (Wildman–Crippen LogP) is 2.26. The third-order valence-corrected chi connectivity index (χ3v) is 4.12. The summed E-state index contributed by atoms with van der Waals surface area (Å²) in [6, 6.07) is 4.95. The number of carbonyl (C=O) groups is 2. The molecule has 0 spiro atoms. The predicted molar refractivity (Wildman–Crippen MR) is 90.9 cm³/mol. The Balaban J connectivity index is 0.00000242. The van der Waals surface area contributed by atoms with Gasteiger partial charge >= 0.3 is 0 Å². The van der Waals surface area contributed by atoms with E-state index < -0.39 is 0 Å². The Kier molecular flexibility index (Phi) is 6.66. The molecule has 0 aromatic heterocycles. The maximum atomic E-state index is 12.1. The fraction of sp³-hybridized carbons (Fsp3) is 0.467. The van der Waals surface area contributed by atoms with Crippen LogP contribution in [-0.2, 0) is 4.79 Å². The number of benzene rings is 1. The zero-order valence-corrected chi connectivity index (χ0v) is 14.4. The van der Waals surface area contributed by atoms with E-state index in [0.717, 1.165) is 13.1 Å². The summed E-state index contributed by atoms with van der Waals surface area (Å²) in [5, 5.41) is 6.35. The summed E-state index contributed by atoms with van der Waals surface area (Å²) in [6.07, 6.45) is 0. The summed E-state index contributed by atoms with van der Waals surface area (Å²) < 4.78 is 0. The highest BCUT2D eigenvalue weighted by Crippen LogP contribution is 2.23. The van der Waals surface area contributed by atoms with E-state index in [0.29, 0.717) is 22.2 Å². The maximum absolute atomic E-state index is 12.1. The first-order valence-electron chi connectivity index (χ1n) is 6.93. The van der Waals surface area contributed by atoms with Gasteiger partial charge < -0.3 is 15.5 Å². The van der Waals surface area contributed by atoms with Gasteiger partial charge in [-0.2, -0.15) is 0 Å². The van der Waals surface area contributed by atoms with E-state index >= 15 is 0 Å². The SMILES string of the molecule is CC(C(=O)Nc1ccc(C(=O)N(C)C)c(Cl)c1)C1CNC1.Cl. The van der Waals surface area contributed by atoms with Gasteiger partial charge in [-0.25, -0.2) is 0 Å². The van der Waals surface area contributed by atoms with Crippen molar-refractivity contribution in [2.45, 2.75) is 6.92 Å². The minimum absolute atomic E-state index is 0. The number of anilines is 1. The van der Waals surface area contributed by atoms with Gasteiger partial charge in [0.15, 0.2) is 0 Å². The van der Waals surface area contributed by atoms with Crippen LogP contribution in [0.3, 0.4) is 0 Å². The Labute approximate surface area is 141 Å². The van der Waals surface area contributed by atoms with Gasteiger partial charge in [-0.3, -0.25) is 9.59 Å². The third kappa shape index (κ3) is 4.12. The molecule has 7 heteroatoms. The fourth-order valence-corrected chi connectivity index (χ4v) is 2.40. The number of rotatable bonds is 4. The molecule has 1 saturated heterocycles. The van der Waals surface area contributed by atoms with Crippen LogP contribution < -0.4 is 10.6 Å². The summed E-state index contributed by atoms with van der Waals surface area (Å²) >= 11 is 6.12. The lowest BCUT2D eigenvalue weighted by atomic mass is 9.88. The number of nitrogens with zero attached hydrogens (tertiary/aromatic N) is 1. The van der Waals surface area contributed by atoms with Crippen molar-refractivity contribution >= 4 is 41.5 Å². The van der Waals surface area contributed by atoms with Crippen LogP contribution in [0, 0.1) is 11.8 Å². The van der Waals surface area contributed by atoms with Gasteiger partial charge in [-0.15, -0.1) is 12.4 Å². The van der Waals surface area contributed by atoms with Crippen LogP contribution in [0.25, 0.3) is 0 Å². The highest BCUT2D eigenvalue weighted by Gasteiger charge is 2.28. The van der Waals surface area contributed by atoms with Gasteiger partial charge in [0.1, 0.15) is 0 Å². The fourth-order valence-electron chi connectivity index (χ4n) is 2.14. The Bertz CT molecular complexity index is 560. The van der Waals surface area contributed by atoms with Gasteiger partial charge in [0.05, 0.1) is 10.6 Å². The van der Waals surface area contributed by atoms with Crippen LogP contribution >= 0.6 is 24.0 Å². The van der Waals surface area contributed by atoms with E-state index in [9.17, 15) is 9.59 Å². The molecule has 1 atom stereocenters. The van der Waals surface area contributed by atoms with Crippen LogP contribution in [0.1, 0.15) is 17.3 Å². The summed E-state index contributed by atoms with van der Waals surface area (Å²) in [5.41, 5.74) is 1.04. The highest BCUT2D eigenvalue weighted by molar-refractivity contribution is 6.34. The molecule has 0 radical (unpaired) electrons. The minimum atomic E-state index is -0.160. The van der Waals surface area contributed by atoms with Crippen molar-refractivity contribution in [2.75, 3.05) is 32.5 Å². The van der Waals surface area contributed by atoms with Crippen molar-refractivity contribution in [2.24, 2.45) is 11.8 Å². The molecule has 2 rings (SSSR count). The van der Waals surface area contributed by atoms with Crippen molar-refractivity contribution in [3.8, 4) is 0 Å². The molecule has 5 nitrogen and oxygen atoms in total. The average molecular weight is 346 g/mol. The minimum Gasteiger partial charge on any atom is -0.345 e. The quantitative estimate of drug-likeness (QED) is 0.879. The molecule has 1 aromatic rings. The molecule has 1 aliphatic rings. The first kappa shape index (κ1) is 18.7. The van der Waals surface area contributed by atoms with Gasteiger partial charge in [0.2, 0.25) is 5.91 Å². The first-order valence-corrected chi connectivity index (χ1v) is 7.30. The Morgan fingerprint density at radius 3 is 2.45 bits per heavy atom. The van der Waals surface area contributed by atoms with Gasteiger partial charge in [0.25, 0.3) is 5.91 Å².